The number of halogens is 1. The smallest absolute Gasteiger partial charge is 0.129 e. The summed E-state index contributed by atoms with van der Waals surface area (Å²) < 4.78 is 0. The number of nitrogens with zero attached hydrogens (tertiary/aromatic N) is 1. The molecule has 0 saturated heterocycles. The minimum Gasteiger partial charge on any atom is -0.244 e. The average molecular weight is 189 g/mol. The molecule has 0 amide bonds. The van der Waals surface area contributed by atoms with Gasteiger partial charge in [-0.05, 0) is 23.8 Å². The number of hydrogen-bond acceptors (Lipinski definition) is 1. The van der Waals surface area contributed by atoms with Gasteiger partial charge in [0.25, 0.3) is 0 Å². The summed E-state index contributed by atoms with van der Waals surface area (Å²) in [5.74, 6) is 0. The van der Waals surface area contributed by atoms with Crippen LogP contribution < -0.4 is 0 Å². The fourth-order valence-corrected chi connectivity index (χ4v) is 1.22. The van der Waals surface area contributed by atoms with E-state index < -0.39 is 0 Å². The van der Waals surface area contributed by atoms with Crippen LogP contribution in [0.1, 0.15) is 0 Å². The highest BCUT2D eigenvalue weighted by molar-refractivity contribution is 6.29. The van der Waals surface area contributed by atoms with E-state index in [-0.39, 0.29) is 0 Å². The summed E-state index contributed by atoms with van der Waals surface area (Å²) in [6, 6.07) is 14.6. The van der Waals surface area contributed by atoms with Crippen LogP contribution in [0.25, 0.3) is 11.1 Å². The Labute approximate surface area is 82.0 Å². The first-order valence-electron chi connectivity index (χ1n) is 3.95. The number of benzene rings is 1. The van der Waals surface area contributed by atoms with Gasteiger partial charge in [0.05, 0.1) is 0 Å². The molecule has 13 heavy (non-hydrogen) atoms. The van der Waals surface area contributed by atoms with E-state index >= 15 is 0 Å². The van der Waals surface area contributed by atoms with Gasteiger partial charge in [-0.2, -0.15) is 0 Å². The highest BCUT2D eigenvalue weighted by Crippen LogP contribution is 2.18. The van der Waals surface area contributed by atoms with Gasteiger partial charge in [-0.1, -0.05) is 35.9 Å². The Balaban J connectivity index is 2.42. The van der Waals surface area contributed by atoms with Gasteiger partial charge in [-0.3, -0.25) is 0 Å². The van der Waals surface area contributed by atoms with Gasteiger partial charge in [0, 0.05) is 11.8 Å². The third-order valence-electron chi connectivity index (χ3n) is 1.75. The van der Waals surface area contributed by atoms with Crippen molar-refractivity contribution in [2.24, 2.45) is 0 Å². The molecular formula is C11H7ClN. The van der Waals surface area contributed by atoms with E-state index in [1.54, 1.807) is 12.3 Å². The SMILES string of the molecule is Clc1ccc(-c2[c]cccc2)cn1. The standard InChI is InChI=1S/C11H7ClN/c12-11-7-6-10(8-13-11)9-4-2-1-3-5-9/h1-4,6-8H. The lowest BCUT2D eigenvalue weighted by Gasteiger charge is -1.98. The molecule has 1 radical (unpaired) electrons. The van der Waals surface area contributed by atoms with Crippen LogP contribution in [0, 0.1) is 6.07 Å². The minimum absolute atomic E-state index is 0.514. The second-order valence-electron chi connectivity index (χ2n) is 2.65. The maximum absolute atomic E-state index is 5.68. The Morgan fingerprint density at radius 2 is 2.08 bits per heavy atom. The maximum Gasteiger partial charge on any atom is 0.129 e. The van der Waals surface area contributed by atoms with E-state index in [0.29, 0.717) is 5.15 Å². The summed E-state index contributed by atoms with van der Waals surface area (Å²) in [7, 11) is 0. The number of rotatable bonds is 1. The van der Waals surface area contributed by atoms with Crippen LogP contribution in [-0.2, 0) is 0 Å². The molecular weight excluding hydrogens is 182 g/mol. The van der Waals surface area contributed by atoms with Gasteiger partial charge in [0.1, 0.15) is 5.15 Å². The molecule has 0 atom stereocenters. The molecule has 0 bridgehead atoms. The molecule has 0 saturated carbocycles. The molecule has 1 aromatic heterocycles. The lowest BCUT2D eigenvalue weighted by molar-refractivity contribution is 1.33. The first kappa shape index (κ1) is 8.27. The van der Waals surface area contributed by atoms with Crippen LogP contribution in [0.3, 0.4) is 0 Å². The summed E-state index contributed by atoms with van der Waals surface area (Å²) >= 11 is 5.68. The summed E-state index contributed by atoms with van der Waals surface area (Å²) in [6.45, 7) is 0. The van der Waals surface area contributed by atoms with Crippen LogP contribution in [0.15, 0.2) is 42.6 Å². The van der Waals surface area contributed by atoms with E-state index in [1.807, 2.05) is 30.3 Å². The molecule has 0 N–H and O–H groups in total. The molecule has 0 spiro atoms. The third-order valence-corrected chi connectivity index (χ3v) is 1.97. The van der Waals surface area contributed by atoms with E-state index in [4.69, 9.17) is 11.6 Å². The Morgan fingerprint density at radius 1 is 1.15 bits per heavy atom. The first-order valence-corrected chi connectivity index (χ1v) is 4.33. The zero-order valence-corrected chi connectivity index (χ0v) is 7.62. The second-order valence-corrected chi connectivity index (χ2v) is 3.03. The van der Waals surface area contributed by atoms with Gasteiger partial charge >= 0.3 is 0 Å². The van der Waals surface area contributed by atoms with Gasteiger partial charge in [0.15, 0.2) is 0 Å². The molecule has 1 nitrogen and oxygen atoms in total. The van der Waals surface area contributed by atoms with Crippen molar-refractivity contribution >= 4 is 11.6 Å². The molecule has 0 unspecified atom stereocenters. The van der Waals surface area contributed by atoms with Crippen molar-refractivity contribution in [2.45, 2.75) is 0 Å². The average Bonchev–Trinajstić information content (AvgIpc) is 2.20. The second kappa shape index (κ2) is 3.58. The Hall–Kier alpha value is -1.34. The molecule has 0 fully saturated rings. The van der Waals surface area contributed by atoms with Gasteiger partial charge in [0.2, 0.25) is 0 Å². The van der Waals surface area contributed by atoms with Crippen LogP contribution in [0.4, 0.5) is 0 Å². The predicted octanol–water partition coefficient (Wildman–Crippen LogP) is 3.20. The predicted molar refractivity (Wildman–Crippen MR) is 53.5 cm³/mol. The monoisotopic (exact) mass is 188 g/mol. The number of aromatic nitrogens is 1. The van der Waals surface area contributed by atoms with Gasteiger partial charge < -0.3 is 0 Å². The maximum atomic E-state index is 5.68. The van der Waals surface area contributed by atoms with E-state index in [1.165, 1.54) is 0 Å². The molecule has 1 heterocycles. The van der Waals surface area contributed by atoms with E-state index in [2.05, 4.69) is 11.1 Å². The summed E-state index contributed by atoms with van der Waals surface area (Å²) in [6.07, 6.45) is 1.74. The van der Waals surface area contributed by atoms with Crippen molar-refractivity contribution in [1.29, 1.82) is 0 Å². The third kappa shape index (κ3) is 1.87. The minimum atomic E-state index is 0.514. The first-order chi connectivity index (χ1) is 6.36. The molecule has 0 aliphatic heterocycles. The van der Waals surface area contributed by atoms with Crippen LogP contribution in [0.2, 0.25) is 5.15 Å². The Morgan fingerprint density at radius 3 is 2.69 bits per heavy atom. The molecule has 0 aliphatic rings. The molecule has 63 valence electrons. The Bertz CT molecular complexity index is 381. The van der Waals surface area contributed by atoms with Crippen LogP contribution in [-0.4, -0.2) is 4.98 Å². The fourth-order valence-electron chi connectivity index (χ4n) is 1.11. The molecule has 2 heteroatoms. The van der Waals surface area contributed by atoms with Crippen molar-refractivity contribution in [2.75, 3.05) is 0 Å². The number of hydrogen-bond donors (Lipinski definition) is 0. The largest absolute Gasteiger partial charge is 0.244 e. The molecule has 1 aromatic carbocycles. The van der Waals surface area contributed by atoms with Gasteiger partial charge in [-0.25, -0.2) is 4.98 Å². The van der Waals surface area contributed by atoms with Crippen molar-refractivity contribution in [1.82, 2.24) is 4.98 Å². The number of pyridine rings is 1. The normalized spacial score (nSPS) is 9.92. The van der Waals surface area contributed by atoms with Crippen molar-refractivity contribution in [3.8, 4) is 11.1 Å². The zero-order chi connectivity index (χ0) is 9.10. The van der Waals surface area contributed by atoms with E-state index in [0.717, 1.165) is 11.1 Å². The lowest BCUT2D eigenvalue weighted by Crippen LogP contribution is -1.79. The zero-order valence-electron chi connectivity index (χ0n) is 6.87. The summed E-state index contributed by atoms with van der Waals surface area (Å²) in [5.41, 5.74) is 2.07. The quantitative estimate of drug-likeness (QED) is 0.627. The topological polar surface area (TPSA) is 12.9 Å². The summed E-state index contributed by atoms with van der Waals surface area (Å²) in [4.78, 5) is 4.00. The van der Waals surface area contributed by atoms with Crippen molar-refractivity contribution in [3.63, 3.8) is 0 Å². The lowest BCUT2D eigenvalue weighted by atomic mass is 10.1. The van der Waals surface area contributed by atoms with Crippen molar-refractivity contribution < 1.29 is 0 Å². The fraction of sp³-hybridized carbons (Fsp3) is 0. The molecule has 2 aromatic rings. The molecule has 0 aliphatic carbocycles. The molecule has 2 rings (SSSR count). The Kier molecular flexibility index (Phi) is 2.28. The highest BCUT2D eigenvalue weighted by atomic mass is 35.5. The van der Waals surface area contributed by atoms with Crippen LogP contribution >= 0.6 is 11.6 Å². The van der Waals surface area contributed by atoms with Gasteiger partial charge in [-0.15, -0.1) is 0 Å². The van der Waals surface area contributed by atoms with E-state index in [9.17, 15) is 0 Å². The van der Waals surface area contributed by atoms with Crippen molar-refractivity contribution in [3.05, 3.63) is 53.8 Å². The highest BCUT2D eigenvalue weighted by Gasteiger charge is 1.96. The van der Waals surface area contributed by atoms with Crippen LogP contribution in [0.5, 0.6) is 0 Å². The summed E-state index contributed by atoms with van der Waals surface area (Å²) in [5, 5.41) is 0.514.